The Balaban J connectivity index is -0.00000000300. The minimum atomic E-state index is 0. The van der Waals surface area contributed by atoms with Crippen molar-refractivity contribution in [2.45, 2.75) is 19.8 Å². The van der Waals surface area contributed by atoms with Gasteiger partial charge < -0.3 is 6.92 Å². The summed E-state index contributed by atoms with van der Waals surface area (Å²) in [5, 5.41) is 0. The van der Waals surface area contributed by atoms with E-state index >= 15 is 0 Å². The van der Waals surface area contributed by atoms with E-state index in [9.17, 15) is 0 Å². The van der Waals surface area contributed by atoms with Gasteiger partial charge in [-0.2, -0.15) is 6.42 Å². The molecule has 0 atom stereocenters. The van der Waals surface area contributed by atoms with Crippen LogP contribution in [-0.2, 0) is 0 Å². The number of rotatable bonds is 1. The van der Waals surface area contributed by atoms with E-state index < -0.39 is 0 Å². The molecule has 0 saturated heterocycles. The molecule has 0 aliphatic rings. The van der Waals surface area contributed by atoms with Crippen LogP contribution in [0.3, 0.4) is 0 Å². The van der Waals surface area contributed by atoms with Gasteiger partial charge in [0.2, 0.25) is 0 Å². The van der Waals surface area contributed by atoms with Crippen LogP contribution in [0.15, 0.2) is 0 Å². The second-order valence-corrected chi connectivity index (χ2v) is 0.854. The number of hydrogen-bond acceptors (Lipinski definition) is 0. The van der Waals surface area contributed by atoms with Crippen LogP contribution in [0.5, 0.6) is 0 Å². The third-order valence-corrected chi connectivity index (χ3v) is 0.354. The first-order chi connectivity index (χ1) is 1.91. The zero-order chi connectivity index (χ0) is 3.41. The zero-order valence-electron chi connectivity index (χ0n) is 6.12. The Bertz CT molecular complexity index is 11.7. The molecule has 0 unspecified atom stereocenters. The first-order valence-electron chi connectivity index (χ1n) is 1.71. The SMILES string of the molecule is [CH2-]CCC.[U].[U].[U].[U].[U].[U]. The minimum Gasteiger partial charge on any atom is -0.343 e. The maximum atomic E-state index is 3.60. The summed E-state index contributed by atoms with van der Waals surface area (Å²) in [4.78, 5) is 0. The third-order valence-electron chi connectivity index (χ3n) is 0.354. The normalized spacial score (nSPS) is 3.00. The van der Waals surface area contributed by atoms with Crippen LogP contribution in [0, 0.1) is 194 Å². The van der Waals surface area contributed by atoms with E-state index in [0.29, 0.717) is 0 Å². The maximum absolute atomic E-state index is 3.60. The van der Waals surface area contributed by atoms with Crippen LogP contribution in [0.4, 0.5) is 0 Å². The molecule has 0 radical (unpaired) electrons. The predicted octanol–water partition coefficient (Wildman–Crippen LogP) is 1.62. The molecule has 0 heterocycles. The Morgan fingerprint density at radius 1 is 0.800 bits per heavy atom. The molecule has 0 aliphatic heterocycles. The van der Waals surface area contributed by atoms with Gasteiger partial charge in [-0.25, -0.2) is 0 Å². The monoisotopic (exact) mass is 1490 g/mol. The topological polar surface area (TPSA) is 0 Å². The Morgan fingerprint density at radius 2 is 0.900 bits per heavy atom. The second-order valence-electron chi connectivity index (χ2n) is 0.854. The summed E-state index contributed by atoms with van der Waals surface area (Å²) in [5.74, 6) is 0. The molecule has 0 spiro atoms. The fourth-order valence-electron chi connectivity index (χ4n) is 0. The molecule has 0 rings (SSSR count). The van der Waals surface area contributed by atoms with Crippen LogP contribution >= 0.6 is 0 Å². The standard InChI is InChI=1S/C4H9.6U/c1-3-4-2;;;;;;/h1,3-4H2,2H3;;;;;;/q-1;;;;;;. The van der Waals surface area contributed by atoms with E-state index in [1.54, 1.807) is 0 Å². The molecule has 6 heteroatoms. The molecule has 0 aromatic rings. The van der Waals surface area contributed by atoms with Crippen molar-refractivity contribution in [2.24, 2.45) is 0 Å². The van der Waals surface area contributed by atoms with Crippen LogP contribution in [0.2, 0.25) is 0 Å². The summed E-state index contributed by atoms with van der Waals surface area (Å²) >= 11 is 0. The largest absolute Gasteiger partial charge is 0.343 e. The summed E-state index contributed by atoms with van der Waals surface area (Å²) < 4.78 is 0. The molecular weight excluding hydrogens is 1480 g/mol. The summed E-state index contributed by atoms with van der Waals surface area (Å²) in [6.07, 6.45) is 2.28. The average Bonchev–Trinajstić information content (AvgIpc) is 1.37. The van der Waals surface area contributed by atoms with Crippen molar-refractivity contribution in [3.05, 3.63) is 6.92 Å². The fraction of sp³-hybridized carbons (Fsp3) is 0.750. The van der Waals surface area contributed by atoms with Crippen LogP contribution < -0.4 is 0 Å². The summed E-state index contributed by atoms with van der Waals surface area (Å²) in [6, 6.07) is 0. The van der Waals surface area contributed by atoms with Crippen molar-refractivity contribution in [2.75, 3.05) is 0 Å². The van der Waals surface area contributed by atoms with E-state index in [4.69, 9.17) is 0 Å². The van der Waals surface area contributed by atoms with Gasteiger partial charge in [0.25, 0.3) is 0 Å². The smallest absolute Gasteiger partial charge is 0 e. The van der Waals surface area contributed by atoms with Crippen molar-refractivity contribution in [1.82, 2.24) is 0 Å². The van der Waals surface area contributed by atoms with Gasteiger partial charge in [0.1, 0.15) is 0 Å². The molecule has 0 fully saturated rings. The molecule has 0 aliphatic carbocycles. The molecule has 50 valence electrons. The molecule has 0 nitrogen and oxygen atoms in total. The van der Waals surface area contributed by atoms with Crippen LogP contribution in [0.25, 0.3) is 0 Å². The molecule has 0 N–H and O–H groups in total. The Kier molecular flexibility index (Phi) is 200. The van der Waals surface area contributed by atoms with E-state index in [-0.39, 0.29) is 187 Å². The van der Waals surface area contributed by atoms with Gasteiger partial charge in [-0.3, -0.25) is 0 Å². The summed E-state index contributed by atoms with van der Waals surface area (Å²) in [6.45, 7) is 5.72. The van der Waals surface area contributed by atoms with E-state index in [0.717, 1.165) is 6.42 Å². The van der Waals surface area contributed by atoms with E-state index in [1.807, 2.05) is 0 Å². The number of hydrogen-bond donors (Lipinski definition) is 0. The van der Waals surface area contributed by atoms with Gasteiger partial charge in [0, 0.05) is 187 Å². The molecular formula is C4H9U6-. The molecule has 0 aromatic carbocycles. The molecule has 0 amide bonds. The maximum Gasteiger partial charge on any atom is 0 e. The minimum absolute atomic E-state index is 0. The van der Waals surface area contributed by atoms with Crippen LogP contribution in [-0.4, -0.2) is 0 Å². The van der Waals surface area contributed by atoms with Gasteiger partial charge >= 0.3 is 0 Å². The first-order valence-corrected chi connectivity index (χ1v) is 1.71. The van der Waals surface area contributed by atoms with Crippen LogP contribution in [0.1, 0.15) is 19.8 Å². The summed E-state index contributed by atoms with van der Waals surface area (Å²) in [5.41, 5.74) is 0. The van der Waals surface area contributed by atoms with Crippen molar-refractivity contribution >= 4 is 0 Å². The third kappa shape index (κ3) is 47.4. The van der Waals surface area contributed by atoms with Crippen molar-refractivity contribution in [3.8, 4) is 0 Å². The Morgan fingerprint density at radius 3 is 0.900 bits per heavy atom. The van der Waals surface area contributed by atoms with Gasteiger partial charge in [0.15, 0.2) is 0 Å². The predicted molar refractivity (Wildman–Crippen MR) is 20.3 cm³/mol. The molecule has 10 heavy (non-hydrogen) atoms. The number of unbranched alkanes of at least 4 members (excludes halogenated alkanes) is 1. The van der Waals surface area contributed by atoms with Crippen molar-refractivity contribution in [1.29, 1.82) is 0 Å². The molecule has 0 bridgehead atoms. The van der Waals surface area contributed by atoms with Gasteiger partial charge in [-0.15, -0.1) is 0 Å². The van der Waals surface area contributed by atoms with Gasteiger partial charge in [-0.05, 0) is 0 Å². The Labute approximate surface area is 207 Å². The molecule has 0 saturated carbocycles. The van der Waals surface area contributed by atoms with E-state index in [1.165, 1.54) is 6.42 Å². The van der Waals surface area contributed by atoms with Gasteiger partial charge in [-0.1, -0.05) is 13.3 Å². The zero-order valence-corrected chi connectivity index (χ0v) is 31.1. The van der Waals surface area contributed by atoms with Crippen molar-refractivity contribution < 1.29 is 187 Å². The molecule has 0 aromatic heterocycles. The fourth-order valence-corrected chi connectivity index (χ4v) is 0. The first kappa shape index (κ1) is 44.1. The summed E-state index contributed by atoms with van der Waals surface area (Å²) in [7, 11) is 0. The Hall–Kier alpha value is 6.31. The van der Waals surface area contributed by atoms with Gasteiger partial charge in [0.05, 0.1) is 0 Å². The average molecular weight is 1490 g/mol. The van der Waals surface area contributed by atoms with E-state index in [2.05, 4.69) is 13.8 Å². The quantitative estimate of drug-likeness (QED) is 0.351. The second kappa shape index (κ2) is 45.4. The van der Waals surface area contributed by atoms with Crippen molar-refractivity contribution in [3.63, 3.8) is 0 Å².